The number of hydrogen-bond donors (Lipinski definition) is 1. The van der Waals surface area contributed by atoms with Gasteiger partial charge in [0.2, 0.25) is 0 Å². The summed E-state index contributed by atoms with van der Waals surface area (Å²) in [7, 11) is 0.768. The summed E-state index contributed by atoms with van der Waals surface area (Å²) in [5.74, 6) is 2.58. The van der Waals surface area contributed by atoms with Gasteiger partial charge in [0.05, 0.1) is 12.9 Å². The third-order valence-electron chi connectivity index (χ3n) is 2.85. The molecule has 3 nitrogen and oxygen atoms in total. The second-order valence-corrected chi connectivity index (χ2v) is 6.17. The van der Waals surface area contributed by atoms with E-state index in [-0.39, 0.29) is 0 Å². The highest BCUT2D eigenvalue weighted by atomic mass is 35.5. The summed E-state index contributed by atoms with van der Waals surface area (Å²) in [6.45, 7) is 1.97. The van der Waals surface area contributed by atoms with Crippen LogP contribution in [-0.2, 0) is 16.6 Å². The van der Waals surface area contributed by atoms with E-state index in [1.54, 1.807) is 13.2 Å². The second kappa shape index (κ2) is 5.85. The smallest absolute Gasteiger partial charge is 0.123 e. The fourth-order valence-corrected chi connectivity index (χ4v) is 3.47. The first-order chi connectivity index (χ1) is 8.19. The quantitative estimate of drug-likeness (QED) is 0.889. The summed E-state index contributed by atoms with van der Waals surface area (Å²) in [4.78, 5) is 0. The van der Waals surface area contributed by atoms with Crippen LogP contribution in [-0.4, -0.2) is 30.2 Å². The minimum atomic E-state index is -0.849. The van der Waals surface area contributed by atoms with Crippen LogP contribution in [0.3, 0.4) is 0 Å². The number of rotatable bonds is 5. The molecule has 0 amide bonds. The van der Waals surface area contributed by atoms with Gasteiger partial charge < -0.3 is 10.1 Å². The standard InChI is InChI=1S/C12H16ClNO2S/c1-16-12-3-2-11(13)4-10(12)8-17(15)7-9-5-14-6-9/h2-4,9,14H,5-8H2,1H3. The Hall–Kier alpha value is -0.580. The van der Waals surface area contributed by atoms with Crippen molar-refractivity contribution in [3.8, 4) is 5.75 Å². The summed E-state index contributed by atoms with van der Waals surface area (Å²) < 4.78 is 17.2. The lowest BCUT2D eigenvalue weighted by Gasteiger charge is -2.26. The van der Waals surface area contributed by atoms with Gasteiger partial charge in [0.25, 0.3) is 0 Å². The molecule has 0 radical (unpaired) electrons. The molecule has 0 aliphatic carbocycles. The largest absolute Gasteiger partial charge is 0.496 e. The predicted molar refractivity (Wildman–Crippen MR) is 71.1 cm³/mol. The molecular formula is C12H16ClNO2S. The molecule has 1 heterocycles. The number of benzene rings is 1. The molecule has 0 spiro atoms. The van der Waals surface area contributed by atoms with E-state index in [1.807, 2.05) is 12.1 Å². The monoisotopic (exact) mass is 273 g/mol. The summed E-state index contributed by atoms with van der Waals surface area (Å²) in [6.07, 6.45) is 0. The topological polar surface area (TPSA) is 38.3 Å². The highest BCUT2D eigenvalue weighted by Gasteiger charge is 2.20. The molecular weight excluding hydrogens is 258 g/mol. The van der Waals surface area contributed by atoms with Gasteiger partial charge in [-0.3, -0.25) is 4.21 Å². The molecule has 0 aromatic heterocycles. The Kier molecular flexibility index (Phi) is 4.42. The van der Waals surface area contributed by atoms with Crippen molar-refractivity contribution >= 4 is 22.4 Å². The molecule has 5 heteroatoms. The molecule has 1 saturated heterocycles. The molecule has 1 aliphatic heterocycles. The van der Waals surface area contributed by atoms with Gasteiger partial charge >= 0.3 is 0 Å². The van der Waals surface area contributed by atoms with E-state index in [9.17, 15) is 4.21 Å². The third-order valence-corrected chi connectivity index (χ3v) is 4.56. The minimum Gasteiger partial charge on any atom is -0.496 e. The van der Waals surface area contributed by atoms with Crippen molar-refractivity contribution in [2.75, 3.05) is 26.0 Å². The zero-order valence-corrected chi connectivity index (χ0v) is 11.3. The Morgan fingerprint density at radius 3 is 2.88 bits per heavy atom. The molecule has 1 N–H and O–H groups in total. The van der Waals surface area contributed by atoms with E-state index in [2.05, 4.69) is 5.32 Å². The van der Waals surface area contributed by atoms with Crippen LogP contribution in [0.2, 0.25) is 5.02 Å². The molecule has 1 aromatic carbocycles. The number of ether oxygens (including phenoxy) is 1. The maximum Gasteiger partial charge on any atom is 0.123 e. The molecule has 0 saturated carbocycles. The maximum absolute atomic E-state index is 12.0. The van der Waals surface area contributed by atoms with Gasteiger partial charge in [-0.2, -0.15) is 0 Å². The van der Waals surface area contributed by atoms with E-state index in [4.69, 9.17) is 16.3 Å². The summed E-state index contributed by atoms with van der Waals surface area (Å²) >= 11 is 5.94. The van der Waals surface area contributed by atoms with E-state index >= 15 is 0 Å². The lowest BCUT2D eigenvalue weighted by molar-refractivity contribution is 0.382. The second-order valence-electron chi connectivity index (χ2n) is 4.23. The van der Waals surface area contributed by atoms with Crippen molar-refractivity contribution < 1.29 is 8.95 Å². The van der Waals surface area contributed by atoms with Gasteiger partial charge in [0, 0.05) is 40.2 Å². The van der Waals surface area contributed by atoms with Gasteiger partial charge in [-0.15, -0.1) is 0 Å². The Labute approximate surface area is 109 Å². The zero-order valence-electron chi connectivity index (χ0n) is 9.74. The van der Waals surface area contributed by atoms with E-state index < -0.39 is 10.8 Å². The highest BCUT2D eigenvalue weighted by molar-refractivity contribution is 7.84. The average Bonchev–Trinajstić information content (AvgIpc) is 2.24. The summed E-state index contributed by atoms with van der Waals surface area (Å²) in [6, 6.07) is 5.43. The Bertz CT molecular complexity index is 421. The maximum atomic E-state index is 12.0. The fourth-order valence-electron chi connectivity index (χ4n) is 1.82. The first-order valence-electron chi connectivity index (χ1n) is 5.57. The molecule has 1 unspecified atom stereocenters. The van der Waals surface area contributed by atoms with Crippen LogP contribution >= 0.6 is 11.6 Å². The van der Waals surface area contributed by atoms with Crippen LogP contribution in [0.15, 0.2) is 18.2 Å². The van der Waals surface area contributed by atoms with Gasteiger partial charge in [0.15, 0.2) is 0 Å². The van der Waals surface area contributed by atoms with Crippen LogP contribution in [0.4, 0.5) is 0 Å². The lowest BCUT2D eigenvalue weighted by atomic mass is 10.1. The zero-order chi connectivity index (χ0) is 12.3. The van der Waals surface area contributed by atoms with Crippen LogP contribution in [0.25, 0.3) is 0 Å². The Balaban J connectivity index is 2.00. The highest BCUT2D eigenvalue weighted by Crippen LogP contribution is 2.24. The van der Waals surface area contributed by atoms with E-state index in [0.717, 1.165) is 30.2 Å². The molecule has 2 rings (SSSR count). The van der Waals surface area contributed by atoms with Gasteiger partial charge in [-0.25, -0.2) is 0 Å². The molecule has 94 valence electrons. The molecule has 17 heavy (non-hydrogen) atoms. The van der Waals surface area contributed by atoms with Crippen LogP contribution in [0, 0.1) is 5.92 Å². The predicted octanol–water partition coefficient (Wildman–Crippen LogP) is 1.82. The number of halogens is 1. The Morgan fingerprint density at radius 2 is 2.29 bits per heavy atom. The molecule has 1 aliphatic rings. The van der Waals surface area contributed by atoms with Crippen molar-refractivity contribution in [2.45, 2.75) is 5.75 Å². The normalized spacial score (nSPS) is 17.5. The van der Waals surface area contributed by atoms with Gasteiger partial charge in [-0.1, -0.05) is 11.6 Å². The van der Waals surface area contributed by atoms with Crippen molar-refractivity contribution in [1.82, 2.24) is 5.32 Å². The minimum absolute atomic E-state index is 0.514. The average molecular weight is 274 g/mol. The first kappa shape index (κ1) is 12.9. The van der Waals surface area contributed by atoms with Crippen LogP contribution in [0.1, 0.15) is 5.56 Å². The fraction of sp³-hybridized carbons (Fsp3) is 0.500. The van der Waals surface area contributed by atoms with Crippen molar-refractivity contribution in [3.63, 3.8) is 0 Å². The van der Waals surface area contributed by atoms with Crippen LogP contribution < -0.4 is 10.1 Å². The first-order valence-corrected chi connectivity index (χ1v) is 7.43. The van der Waals surface area contributed by atoms with Gasteiger partial charge in [-0.05, 0) is 24.1 Å². The van der Waals surface area contributed by atoms with E-state index in [1.165, 1.54) is 0 Å². The molecule has 1 fully saturated rings. The van der Waals surface area contributed by atoms with E-state index in [0.29, 0.717) is 16.7 Å². The number of hydrogen-bond acceptors (Lipinski definition) is 3. The summed E-state index contributed by atoms with van der Waals surface area (Å²) in [5, 5.41) is 3.84. The summed E-state index contributed by atoms with van der Waals surface area (Å²) in [5.41, 5.74) is 0.922. The van der Waals surface area contributed by atoms with Gasteiger partial charge in [0.1, 0.15) is 5.75 Å². The van der Waals surface area contributed by atoms with Crippen LogP contribution in [0.5, 0.6) is 5.75 Å². The van der Waals surface area contributed by atoms with Crippen molar-refractivity contribution in [1.29, 1.82) is 0 Å². The van der Waals surface area contributed by atoms with Crippen molar-refractivity contribution in [3.05, 3.63) is 28.8 Å². The third kappa shape index (κ3) is 3.44. The SMILES string of the molecule is COc1ccc(Cl)cc1CS(=O)CC1CNC1. The van der Waals surface area contributed by atoms with Crippen molar-refractivity contribution in [2.24, 2.45) is 5.92 Å². The molecule has 1 atom stereocenters. The molecule has 1 aromatic rings. The number of nitrogens with one attached hydrogen (secondary N) is 1. The Morgan fingerprint density at radius 1 is 1.53 bits per heavy atom. The number of methoxy groups -OCH3 is 1. The molecule has 0 bridgehead atoms. The lowest BCUT2D eigenvalue weighted by Crippen LogP contribution is -2.44.